The van der Waals surface area contributed by atoms with Crippen LogP contribution in [0, 0.1) is 10.1 Å². The fourth-order valence-electron chi connectivity index (χ4n) is 2.14. The maximum Gasteiger partial charge on any atom is 0.270 e. The molecule has 0 aliphatic rings. The zero-order valence-corrected chi connectivity index (χ0v) is 14.4. The summed E-state index contributed by atoms with van der Waals surface area (Å²) >= 11 is 1.49. The smallest absolute Gasteiger partial charge is 0.270 e. The van der Waals surface area contributed by atoms with Gasteiger partial charge in [0.15, 0.2) is 0 Å². The molecule has 25 heavy (non-hydrogen) atoms. The van der Waals surface area contributed by atoms with Gasteiger partial charge in [0.2, 0.25) is 10.0 Å². The van der Waals surface area contributed by atoms with E-state index in [0.29, 0.717) is 12.4 Å². The first-order valence-corrected chi connectivity index (χ1v) is 9.50. The van der Waals surface area contributed by atoms with Crippen LogP contribution in [0.1, 0.15) is 0 Å². The maximum atomic E-state index is 12.2. The second-order valence-corrected chi connectivity index (χ2v) is 7.60. The van der Waals surface area contributed by atoms with E-state index in [-0.39, 0.29) is 17.1 Å². The molecule has 130 valence electrons. The van der Waals surface area contributed by atoms with E-state index in [1.54, 1.807) is 0 Å². The molecule has 0 fully saturated rings. The Morgan fingerprint density at radius 3 is 2.84 bits per heavy atom. The van der Waals surface area contributed by atoms with Crippen molar-refractivity contribution in [1.29, 1.82) is 0 Å². The van der Waals surface area contributed by atoms with Gasteiger partial charge in [0.1, 0.15) is 17.0 Å². The highest BCUT2D eigenvalue weighted by atomic mass is 32.2. The van der Waals surface area contributed by atoms with E-state index in [1.165, 1.54) is 35.9 Å². The van der Waals surface area contributed by atoms with Crippen LogP contribution in [0.25, 0.3) is 10.2 Å². The average Bonchev–Trinajstić information content (AvgIpc) is 3.08. The number of aromatic nitrogens is 2. The fraction of sp³-hybridized carbons (Fsp3) is 0.143. The molecule has 3 aromatic rings. The highest BCUT2D eigenvalue weighted by Gasteiger charge is 2.17. The molecular weight excluding hydrogens is 366 g/mol. The lowest BCUT2D eigenvalue weighted by Crippen LogP contribution is -2.29. The Bertz CT molecular complexity index is 1020. The predicted molar refractivity (Wildman–Crippen MR) is 94.2 cm³/mol. The summed E-state index contributed by atoms with van der Waals surface area (Å²) in [6.45, 7) is 0.400. The van der Waals surface area contributed by atoms with Crippen LogP contribution in [0.3, 0.4) is 0 Å². The van der Waals surface area contributed by atoms with Gasteiger partial charge in [-0.3, -0.25) is 10.1 Å². The van der Waals surface area contributed by atoms with Crippen molar-refractivity contribution in [3.8, 4) is 0 Å². The Morgan fingerprint density at radius 1 is 1.20 bits per heavy atom. The lowest BCUT2D eigenvalue weighted by molar-refractivity contribution is -0.385. The van der Waals surface area contributed by atoms with Crippen molar-refractivity contribution < 1.29 is 13.3 Å². The number of hydrogen-bond acceptors (Lipinski definition) is 8. The van der Waals surface area contributed by atoms with Gasteiger partial charge in [-0.1, -0.05) is 6.07 Å². The molecule has 0 amide bonds. The van der Waals surface area contributed by atoms with Crippen LogP contribution in [0.4, 0.5) is 11.5 Å². The minimum Gasteiger partial charge on any atom is -0.368 e. The van der Waals surface area contributed by atoms with Gasteiger partial charge in [0.25, 0.3) is 5.69 Å². The van der Waals surface area contributed by atoms with Gasteiger partial charge >= 0.3 is 0 Å². The number of non-ortho nitro benzene ring substituents is 1. The number of nitrogens with one attached hydrogen (secondary N) is 2. The molecule has 0 aliphatic carbocycles. The minimum atomic E-state index is -3.83. The quantitative estimate of drug-likeness (QED) is 0.365. The average molecular weight is 379 g/mol. The molecule has 0 spiro atoms. The van der Waals surface area contributed by atoms with E-state index < -0.39 is 14.9 Å². The van der Waals surface area contributed by atoms with Crippen molar-refractivity contribution in [1.82, 2.24) is 14.7 Å². The second-order valence-electron chi connectivity index (χ2n) is 4.94. The van der Waals surface area contributed by atoms with Crippen molar-refractivity contribution in [2.75, 3.05) is 18.4 Å². The number of hydrogen-bond donors (Lipinski definition) is 2. The Balaban J connectivity index is 1.62. The number of anilines is 1. The van der Waals surface area contributed by atoms with Gasteiger partial charge in [-0.15, -0.1) is 11.3 Å². The van der Waals surface area contributed by atoms with E-state index in [0.717, 1.165) is 16.3 Å². The topological polar surface area (TPSA) is 127 Å². The van der Waals surface area contributed by atoms with Crippen LogP contribution in [-0.2, 0) is 10.0 Å². The standard InChI is InChI=1S/C14H13N5O4S2/c20-19(21)10-2-1-3-11(8-10)25(22,23)18-6-5-15-13-12-4-7-24-14(12)17-9-16-13/h1-4,7-9,18H,5-6H2,(H,15,16,17). The number of fused-ring (bicyclic) bond motifs is 1. The van der Waals surface area contributed by atoms with E-state index in [4.69, 9.17) is 0 Å². The van der Waals surface area contributed by atoms with Gasteiger partial charge in [0.05, 0.1) is 15.2 Å². The third-order valence-electron chi connectivity index (χ3n) is 3.31. The van der Waals surface area contributed by atoms with Crippen LogP contribution < -0.4 is 10.0 Å². The summed E-state index contributed by atoms with van der Waals surface area (Å²) in [4.78, 5) is 19.1. The monoisotopic (exact) mass is 379 g/mol. The molecule has 2 N–H and O–H groups in total. The highest BCUT2D eigenvalue weighted by molar-refractivity contribution is 7.89. The summed E-state index contributed by atoms with van der Waals surface area (Å²) in [5.41, 5.74) is -0.276. The number of nitro groups is 1. The summed E-state index contributed by atoms with van der Waals surface area (Å²) in [6, 6.07) is 6.79. The number of rotatable bonds is 7. The van der Waals surface area contributed by atoms with E-state index in [2.05, 4.69) is 20.0 Å². The molecule has 1 aromatic carbocycles. The zero-order valence-electron chi connectivity index (χ0n) is 12.7. The van der Waals surface area contributed by atoms with E-state index in [9.17, 15) is 18.5 Å². The SMILES string of the molecule is O=[N+]([O-])c1cccc(S(=O)(=O)NCCNc2ncnc3sccc23)c1. The Kier molecular flexibility index (Phi) is 4.88. The summed E-state index contributed by atoms with van der Waals surface area (Å²) in [5, 5.41) is 16.6. The largest absolute Gasteiger partial charge is 0.368 e. The van der Waals surface area contributed by atoms with Gasteiger partial charge in [-0.2, -0.15) is 0 Å². The van der Waals surface area contributed by atoms with Crippen LogP contribution in [0.15, 0.2) is 46.9 Å². The predicted octanol–water partition coefficient (Wildman–Crippen LogP) is 1.99. The molecule has 0 saturated carbocycles. The Morgan fingerprint density at radius 2 is 2.04 bits per heavy atom. The molecule has 2 heterocycles. The summed E-state index contributed by atoms with van der Waals surface area (Å²) in [5.74, 6) is 0.626. The van der Waals surface area contributed by atoms with Crippen LogP contribution in [-0.4, -0.2) is 36.4 Å². The third-order valence-corrected chi connectivity index (χ3v) is 5.59. The number of thiophene rings is 1. The van der Waals surface area contributed by atoms with Crippen LogP contribution >= 0.6 is 11.3 Å². The van der Waals surface area contributed by atoms with Crippen molar-refractivity contribution in [3.05, 3.63) is 52.2 Å². The fourth-order valence-corrected chi connectivity index (χ4v) is 3.95. The van der Waals surface area contributed by atoms with Crippen LogP contribution in [0.2, 0.25) is 0 Å². The number of sulfonamides is 1. The number of nitro benzene ring substituents is 1. The molecule has 0 aliphatic heterocycles. The zero-order chi connectivity index (χ0) is 17.9. The van der Waals surface area contributed by atoms with Gasteiger partial charge in [0, 0.05) is 25.2 Å². The second kappa shape index (κ2) is 7.09. The van der Waals surface area contributed by atoms with E-state index >= 15 is 0 Å². The lowest BCUT2D eigenvalue weighted by atomic mass is 10.3. The van der Waals surface area contributed by atoms with Gasteiger partial charge < -0.3 is 5.32 Å². The van der Waals surface area contributed by atoms with Crippen molar-refractivity contribution in [3.63, 3.8) is 0 Å². The third kappa shape index (κ3) is 3.90. The molecule has 0 atom stereocenters. The first-order valence-electron chi connectivity index (χ1n) is 7.13. The van der Waals surface area contributed by atoms with Crippen molar-refractivity contribution in [2.24, 2.45) is 0 Å². The molecule has 0 bridgehead atoms. The Labute approximate surface area is 146 Å². The maximum absolute atomic E-state index is 12.2. The molecule has 2 aromatic heterocycles. The first kappa shape index (κ1) is 17.2. The van der Waals surface area contributed by atoms with Crippen molar-refractivity contribution in [2.45, 2.75) is 4.90 Å². The molecule has 0 saturated heterocycles. The minimum absolute atomic E-state index is 0.0979. The summed E-state index contributed by atoms with van der Waals surface area (Å²) in [6.07, 6.45) is 1.44. The molecular formula is C14H13N5O4S2. The lowest BCUT2D eigenvalue weighted by Gasteiger charge is -2.09. The highest BCUT2D eigenvalue weighted by Crippen LogP contribution is 2.23. The summed E-state index contributed by atoms with van der Waals surface area (Å²) in [7, 11) is -3.83. The summed E-state index contributed by atoms with van der Waals surface area (Å²) < 4.78 is 26.8. The van der Waals surface area contributed by atoms with E-state index in [1.807, 2.05) is 11.4 Å². The number of benzene rings is 1. The van der Waals surface area contributed by atoms with Crippen LogP contribution in [0.5, 0.6) is 0 Å². The van der Waals surface area contributed by atoms with Crippen molar-refractivity contribution >= 4 is 43.1 Å². The first-order chi connectivity index (χ1) is 12.0. The molecule has 3 rings (SSSR count). The normalized spacial score (nSPS) is 11.5. The molecule has 0 radical (unpaired) electrons. The van der Waals surface area contributed by atoms with Gasteiger partial charge in [-0.05, 0) is 17.5 Å². The number of nitrogens with zero attached hydrogens (tertiary/aromatic N) is 3. The molecule has 9 nitrogen and oxygen atoms in total. The Hall–Kier alpha value is -2.63. The molecule has 0 unspecified atom stereocenters. The molecule has 11 heteroatoms. The van der Waals surface area contributed by atoms with Gasteiger partial charge in [-0.25, -0.2) is 23.1 Å².